The summed E-state index contributed by atoms with van der Waals surface area (Å²) in [4.78, 5) is 9.03. The van der Waals surface area contributed by atoms with Gasteiger partial charge in [0.25, 0.3) is 0 Å². The van der Waals surface area contributed by atoms with Crippen LogP contribution in [0.4, 0.5) is 30.7 Å². The molecule has 0 fully saturated rings. The Morgan fingerprint density at radius 3 is 2.27 bits per heavy atom. The van der Waals surface area contributed by atoms with Gasteiger partial charge in [-0.2, -0.15) is 36.2 Å². The molecule has 0 aliphatic heterocycles. The zero-order chi connectivity index (χ0) is 30.2. The number of allylic oxidation sites excluding steroid dienone is 3. The van der Waals surface area contributed by atoms with Crippen LogP contribution in [0.25, 0.3) is 0 Å². The quantitative estimate of drug-likeness (QED) is 0.137. The first-order valence-corrected chi connectivity index (χ1v) is 12.7. The molecule has 2 unspecified atom stereocenters. The Labute approximate surface area is 234 Å². The third-order valence-electron chi connectivity index (χ3n) is 5.92. The molecule has 3 N–H and O–H groups in total. The number of aliphatic hydroxyl groups is 1. The van der Waals surface area contributed by atoms with Crippen LogP contribution < -0.4 is 15.0 Å². The number of hydrogen-bond donors (Lipinski definition) is 2. The molecule has 1 aromatic heterocycles. The van der Waals surface area contributed by atoms with Crippen LogP contribution in [0.2, 0.25) is 0 Å². The number of ether oxygens (including phenoxy) is 2. The number of halogens is 7. The van der Waals surface area contributed by atoms with Crippen LogP contribution in [0.15, 0.2) is 78.7 Å². The van der Waals surface area contributed by atoms with Crippen LogP contribution in [0.5, 0.6) is 11.5 Å². The summed E-state index contributed by atoms with van der Waals surface area (Å²) >= 11 is 0.575. The van der Waals surface area contributed by atoms with E-state index in [4.69, 9.17) is 4.84 Å². The molecule has 41 heavy (non-hydrogen) atoms. The van der Waals surface area contributed by atoms with Crippen molar-refractivity contribution < 1.29 is 55.6 Å². The molecule has 0 radical (unpaired) electrons. The average molecular weight is 608 g/mol. The maximum absolute atomic E-state index is 14.3. The smallest absolute Gasteiger partial charge is 0.428 e. The molecule has 0 saturated carbocycles. The third kappa shape index (κ3) is 7.85. The van der Waals surface area contributed by atoms with Gasteiger partial charge in [0, 0.05) is 17.0 Å². The lowest BCUT2D eigenvalue weighted by atomic mass is 9.90. The van der Waals surface area contributed by atoms with Crippen molar-refractivity contribution in [1.29, 1.82) is 0 Å². The van der Waals surface area contributed by atoms with Crippen molar-refractivity contribution in [1.82, 2.24) is 4.98 Å². The van der Waals surface area contributed by atoms with E-state index in [-0.39, 0.29) is 16.9 Å². The normalized spacial score (nSPS) is 15.0. The molecule has 0 amide bonds. The van der Waals surface area contributed by atoms with Crippen molar-refractivity contribution >= 4 is 11.3 Å². The van der Waals surface area contributed by atoms with Crippen LogP contribution in [-0.4, -0.2) is 36.6 Å². The lowest BCUT2D eigenvalue weighted by molar-refractivity contribution is -0.842. The van der Waals surface area contributed by atoms with Gasteiger partial charge in [-0.15, -0.1) is 11.3 Å². The summed E-state index contributed by atoms with van der Waals surface area (Å²) in [7, 11) is 1.43. The highest BCUT2D eigenvalue weighted by atomic mass is 32.1. The molecule has 3 rings (SSSR count). The molecule has 3 aromatic rings. The largest absolute Gasteiger partial charge is 0.431 e. The van der Waals surface area contributed by atoms with Crippen molar-refractivity contribution in [2.45, 2.75) is 44.3 Å². The highest BCUT2D eigenvalue weighted by Gasteiger charge is 2.58. The summed E-state index contributed by atoms with van der Waals surface area (Å²) in [6.45, 7) is -4.98. The van der Waals surface area contributed by atoms with Gasteiger partial charge in [-0.3, -0.25) is 0 Å². The van der Waals surface area contributed by atoms with Crippen molar-refractivity contribution in [2.24, 2.45) is 0 Å². The van der Waals surface area contributed by atoms with Crippen molar-refractivity contribution in [3.05, 3.63) is 99.7 Å². The average Bonchev–Trinajstić information content (AvgIpc) is 3.41. The van der Waals surface area contributed by atoms with Gasteiger partial charge in [0.05, 0.1) is 7.11 Å². The van der Waals surface area contributed by atoms with Crippen molar-refractivity contribution in [3.63, 3.8) is 0 Å². The molecular formula is C27H26F7N2O4S+. The van der Waals surface area contributed by atoms with Crippen LogP contribution in [0.3, 0.4) is 0 Å². The van der Waals surface area contributed by atoms with Gasteiger partial charge in [-0.25, -0.2) is 9.82 Å². The number of rotatable bonds is 13. The van der Waals surface area contributed by atoms with E-state index in [1.807, 2.05) is 0 Å². The molecule has 0 aliphatic carbocycles. The number of quaternary nitrogens is 1. The van der Waals surface area contributed by atoms with Crippen LogP contribution >= 0.6 is 11.3 Å². The number of thiazole rings is 1. The zero-order valence-corrected chi connectivity index (χ0v) is 22.4. The number of nitrogens with two attached hydrogens (primary N) is 1. The summed E-state index contributed by atoms with van der Waals surface area (Å²) in [5, 5.41) is 10.3. The molecule has 14 heteroatoms. The van der Waals surface area contributed by atoms with Crippen molar-refractivity contribution in [2.75, 3.05) is 7.11 Å². The molecule has 2 atom stereocenters. The summed E-state index contributed by atoms with van der Waals surface area (Å²) in [5.74, 6) is -2.16. The fraction of sp³-hybridized carbons (Fsp3) is 0.296. The zero-order valence-electron chi connectivity index (χ0n) is 21.6. The van der Waals surface area contributed by atoms with Gasteiger partial charge in [-0.05, 0) is 48.3 Å². The van der Waals surface area contributed by atoms with E-state index in [2.05, 4.69) is 14.5 Å². The first kappa shape index (κ1) is 32.1. The highest BCUT2D eigenvalue weighted by Crippen LogP contribution is 2.47. The Balaban J connectivity index is 2.15. The maximum atomic E-state index is 14.3. The molecule has 6 nitrogen and oxygen atoms in total. The summed E-state index contributed by atoms with van der Waals surface area (Å²) < 4.78 is 103. The summed E-state index contributed by atoms with van der Waals surface area (Å²) in [6, 6.07) is 9.81. The van der Waals surface area contributed by atoms with Gasteiger partial charge < -0.3 is 14.6 Å². The first-order chi connectivity index (χ1) is 19.4. The number of hydroxylamine groups is 1. The Kier molecular flexibility index (Phi) is 10.9. The van der Waals surface area contributed by atoms with Gasteiger partial charge in [-0.1, -0.05) is 42.5 Å². The van der Waals surface area contributed by atoms with E-state index in [0.717, 1.165) is 30.5 Å². The Hall–Kier alpha value is -3.46. The molecule has 222 valence electrons. The lowest BCUT2D eigenvalue weighted by Crippen LogP contribution is -2.75. The summed E-state index contributed by atoms with van der Waals surface area (Å²) in [6.07, 6.45) is 1.09. The topological polar surface area (TPSA) is 77.4 Å². The molecule has 1 heterocycles. The Bertz CT molecular complexity index is 1330. The van der Waals surface area contributed by atoms with Gasteiger partial charge in [0.1, 0.15) is 11.2 Å². The Morgan fingerprint density at radius 2 is 1.68 bits per heavy atom. The minimum Gasteiger partial charge on any atom is -0.431 e. The lowest BCUT2D eigenvalue weighted by Gasteiger charge is -2.29. The van der Waals surface area contributed by atoms with Crippen LogP contribution in [0.1, 0.15) is 40.3 Å². The number of aromatic nitrogens is 1. The van der Waals surface area contributed by atoms with E-state index in [1.165, 1.54) is 36.9 Å². The van der Waals surface area contributed by atoms with E-state index in [0.29, 0.717) is 16.9 Å². The predicted octanol–water partition coefficient (Wildman–Crippen LogP) is 6.25. The molecule has 0 bridgehead atoms. The van der Waals surface area contributed by atoms with Crippen LogP contribution in [-0.2, 0) is 10.4 Å². The van der Waals surface area contributed by atoms with Gasteiger partial charge in [0.15, 0.2) is 11.5 Å². The minimum absolute atomic E-state index is 0.116. The highest BCUT2D eigenvalue weighted by molar-refractivity contribution is 7.11. The minimum atomic E-state index is -5.14. The van der Waals surface area contributed by atoms with E-state index in [1.54, 1.807) is 25.3 Å². The number of benzene rings is 2. The number of alkyl halides is 7. The van der Waals surface area contributed by atoms with Gasteiger partial charge in [0.2, 0.25) is 5.60 Å². The van der Waals surface area contributed by atoms with E-state index in [9.17, 15) is 35.8 Å². The predicted molar refractivity (Wildman–Crippen MR) is 136 cm³/mol. The second-order valence-corrected chi connectivity index (χ2v) is 9.52. The standard InChI is InChI=1S/C27H25F7N2O4S/c1-3-16(11-12-36-38-2)13-19(17-9-10-20(39-24(28)29)21(14-17)40-25(30)31)22-15-35-23(41-22)26(37,27(32,33)34)18-7-5-4-6-8-18/h3-12,14-15,19,24-25,36-37H,13H2,1-2H3/p+1/b12-11-,16-3+. The first-order valence-electron chi connectivity index (χ1n) is 11.9. The third-order valence-corrected chi connectivity index (χ3v) is 7.14. The second kappa shape index (κ2) is 13.9. The molecule has 2 aromatic carbocycles. The number of hydrogen-bond acceptors (Lipinski definition) is 6. The fourth-order valence-electron chi connectivity index (χ4n) is 3.97. The molecule has 0 aliphatic rings. The van der Waals surface area contributed by atoms with E-state index < -0.39 is 53.0 Å². The molecule has 0 spiro atoms. The monoisotopic (exact) mass is 607 g/mol. The molecule has 0 saturated heterocycles. The van der Waals surface area contributed by atoms with E-state index >= 15 is 0 Å². The maximum Gasteiger partial charge on any atom is 0.428 e. The molecular weight excluding hydrogens is 581 g/mol. The fourth-order valence-corrected chi connectivity index (χ4v) is 5.14. The van der Waals surface area contributed by atoms with Gasteiger partial charge >= 0.3 is 19.4 Å². The Morgan fingerprint density at radius 1 is 1.02 bits per heavy atom. The van der Waals surface area contributed by atoms with Crippen molar-refractivity contribution in [3.8, 4) is 11.5 Å². The second-order valence-electron chi connectivity index (χ2n) is 8.46. The summed E-state index contributed by atoms with van der Waals surface area (Å²) in [5.41, 5.74) is -1.60. The SMILES string of the molecule is C/C=C(\C=C/[NH2+]OC)CC(c1ccc(OC(F)F)c(OC(F)F)c1)c1cnc(C(O)(c2ccccc2)C(F)(F)F)s1. The van der Waals surface area contributed by atoms with Crippen LogP contribution in [0, 0.1) is 0 Å². The number of nitrogens with zero attached hydrogens (tertiary/aromatic N) is 1.